The van der Waals surface area contributed by atoms with Gasteiger partial charge in [0.2, 0.25) is 11.8 Å². The van der Waals surface area contributed by atoms with E-state index in [1.807, 2.05) is 30.3 Å². The lowest BCUT2D eigenvalue weighted by atomic mass is 9.73. The Morgan fingerprint density at radius 3 is 2.48 bits per heavy atom. The number of rotatable bonds is 4. The van der Waals surface area contributed by atoms with Crippen molar-refractivity contribution < 1.29 is 14.3 Å². The maximum absolute atomic E-state index is 12.6. The molecule has 1 aliphatic heterocycles. The van der Waals surface area contributed by atoms with Crippen LogP contribution in [0.5, 0.6) is 5.75 Å². The van der Waals surface area contributed by atoms with Crippen LogP contribution >= 0.6 is 0 Å². The van der Waals surface area contributed by atoms with Gasteiger partial charge in [-0.25, -0.2) is 0 Å². The third-order valence-electron chi connectivity index (χ3n) is 4.63. The summed E-state index contributed by atoms with van der Waals surface area (Å²) < 4.78 is 5.59. The number of ether oxygens (including phenoxy) is 1. The van der Waals surface area contributed by atoms with E-state index >= 15 is 0 Å². The smallest absolute Gasteiger partial charge is 0.236 e. The molecular formula is C17H21NO3. The van der Waals surface area contributed by atoms with Crippen molar-refractivity contribution in [2.45, 2.75) is 38.5 Å². The molecule has 1 saturated carbocycles. The number of hydrogen-bond donors (Lipinski definition) is 0. The molecule has 0 atom stereocenters. The summed E-state index contributed by atoms with van der Waals surface area (Å²) in [4.78, 5) is 26.1. The predicted octanol–water partition coefficient (Wildman–Crippen LogP) is 2.77. The maximum atomic E-state index is 12.6. The number of carbonyl (C=O) groups is 2. The van der Waals surface area contributed by atoms with Crippen LogP contribution in [0.1, 0.15) is 38.5 Å². The van der Waals surface area contributed by atoms with Gasteiger partial charge in [0.15, 0.2) is 0 Å². The van der Waals surface area contributed by atoms with Gasteiger partial charge >= 0.3 is 0 Å². The highest BCUT2D eigenvalue weighted by Gasteiger charge is 2.51. The average molecular weight is 287 g/mol. The van der Waals surface area contributed by atoms with Crippen LogP contribution in [0.2, 0.25) is 0 Å². The molecule has 0 bridgehead atoms. The Hall–Kier alpha value is -1.84. The summed E-state index contributed by atoms with van der Waals surface area (Å²) >= 11 is 0. The molecule has 1 aromatic rings. The van der Waals surface area contributed by atoms with Gasteiger partial charge in [0, 0.05) is 6.42 Å². The van der Waals surface area contributed by atoms with Gasteiger partial charge in [0.1, 0.15) is 12.4 Å². The third kappa shape index (κ3) is 2.80. The van der Waals surface area contributed by atoms with E-state index in [2.05, 4.69) is 0 Å². The summed E-state index contributed by atoms with van der Waals surface area (Å²) in [5.74, 6) is 0.770. The zero-order valence-corrected chi connectivity index (χ0v) is 12.2. The minimum atomic E-state index is -0.387. The standard InChI is InChI=1S/C17H21NO3/c19-15-13-17(9-5-2-6-10-17)16(20)18(15)11-12-21-14-7-3-1-4-8-14/h1,3-4,7-8H,2,5-6,9-13H2. The van der Waals surface area contributed by atoms with Crippen molar-refractivity contribution >= 4 is 11.8 Å². The topological polar surface area (TPSA) is 46.6 Å². The number of hydrogen-bond acceptors (Lipinski definition) is 3. The second-order valence-electron chi connectivity index (χ2n) is 6.03. The highest BCUT2D eigenvalue weighted by Crippen LogP contribution is 2.45. The lowest BCUT2D eigenvalue weighted by Gasteiger charge is -2.30. The maximum Gasteiger partial charge on any atom is 0.236 e. The average Bonchev–Trinajstić information content (AvgIpc) is 2.73. The molecule has 1 aliphatic carbocycles. The molecule has 1 heterocycles. The summed E-state index contributed by atoms with van der Waals surface area (Å²) in [7, 11) is 0. The highest BCUT2D eigenvalue weighted by molar-refractivity contribution is 6.05. The van der Waals surface area contributed by atoms with E-state index < -0.39 is 0 Å². The predicted molar refractivity (Wildman–Crippen MR) is 78.8 cm³/mol. The molecule has 2 fully saturated rings. The largest absolute Gasteiger partial charge is 0.492 e. The lowest BCUT2D eigenvalue weighted by Crippen LogP contribution is -2.38. The zero-order valence-electron chi connectivity index (χ0n) is 12.2. The zero-order chi connectivity index (χ0) is 14.7. The molecule has 1 saturated heterocycles. The molecule has 0 radical (unpaired) electrons. The summed E-state index contributed by atoms with van der Waals surface area (Å²) in [6.07, 6.45) is 5.44. The molecule has 0 aromatic heterocycles. The first-order chi connectivity index (χ1) is 10.2. The monoisotopic (exact) mass is 287 g/mol. The molecule has 2 amide bonds. The first kappa shape index (κ1) is 14.1. The Morgan fingerprint density at radius 1 is 1.05 bits per heavy atom. The molecule has 2 aliphatic rings. The number of nitrogens with zero attached hydrogens (tertiary/aromatic N) is 1. The van der Waals surface area contributed by atoms with Crippen molar-refractivity contribution in [1.29, 1.82) is 0 Å². The normalized spacial score (nSPS) is 21.0. The Morgan fingerprint density at radius 2 is 1.76 bits per heavy atom. The van der Waals surface area contributed by atoms with Crippen LogP contribution in [0, 0.1) is 5.41 Å². The van der Waals surface area contributed by atoms with Crippen LogP contribution in [0.3, 0.4) is 0 Å². The second kappa shape index (κ2) is 5.88. The first-order valence-corrected chi connectivity index (χ1v) is 7.74. The number of amides is 2. The Bertz CT molecular complexity index is 520. The fraction of sp³-hybridized carbons (Fsp3) is 0.529. The Balaban J connectivity index is 1.58. The van der Waals surface area contributed by atoms with Gasteiger partial charge in [-0.15, -0.1) is 0 Å². The highest BCUT2D eigenvalue weighted by atomic mass is 16.5. The minimum Gasteiger partial charge on any atom is -0.492 e. The van der Waals surface area contributed by atoms with Crippen LogP contribution in [0.25, 0.3) is 0 Å². The van der Waals surface area contributed by atoms with Gasteiger partial charge in [-0.1, -0.05) is 37.5 Å². The number of imide groups is 1. The SMILES string of the molecule is O=C1CC2(CCCCC2)C(=O)N1CCOc1ccccc1. The number of benzene rings is 1. The van der Waals surface area contributed by atoms with Crippen molar-refractivity contribution in [2.75, 3.05) is 13.2 Å². The molecule has 1 spiro atoms. The summed E-state index contributed by atoms with van der Waals surface area (Å²) in [6.45, 7) is 0.714. The van der Waals surface area contributed by atoms with E-state index in [-0.39, 0.29) is 17.2 Å². The molecule has 21 heavy (non-hydrogen) atoms. The van der Waals surface area contributed by atoms with Crippen LogP contribution < -0.4 is 4.74 Å². The van der Waals surface area contributed by atoms with Crippen molar-refractivity contribution in [1.82, 2.24) is 4.90 Å². The number of carbonyl (C=O) groups excluding carboxylic acids is 2. The molecular weight excluding hydrogens is 266 g/mol. The fourth-order valence-corrected chi connectivity index (χ4v) is 3.48. The quantitative estimate of drug-likeness (QED) is 0.800. The molecule has 112 valence electrons. The van der Waals surface area contributed by atoms with Gasteiger partial charge in [-0.3, -0.25) is 14.5 Å². The van der Waals surface area contributed by atoms with Crippen molar-refractivity contribution in [2.24, 2.45) is 5.41 Å². The van der Waals surface area contributed by atoms with Gasteiger partial charge in [0.25, 0.3) is 0 Å². The summed E-state index contributed by atoms with van der Waals surface area (Å²) in [6, 6.07) is 9.47. The van der Waals surface area contributed by atoms with E-state index in [1.165, 1.54) is 11.3 Å². The molecule has 4 heteroatoms. The molecule has 0 N–H and O–H groups in total. The minimum absolute atomic E-state index is 0.0291. The van der Waals surface area contributed by atoms with E-state index in [9.17, 15) is 9.59 Å². The molecule has 0 unspecified atom stereocenters. The second-order valence-corrected chi connectivity index (χ2v) is 6.03. The third-order valence-corrected chi connectivity index (χ3v) is 4.63. The molecule has 3 rings (SSSR count). The van der Waals surface area contributed by atoms with Crippen LogP contribution in [-0.4, -0.2) is 29.9 Å². The van der Waals surface area contributed by atoms with E-state index in [4.69, 9.17) is 4.74 Å². The van der Waals surface area contributed by atoms with Crippen LogP contribution in [-0.2, 0) is 9.59 Å². The van der Waals surface area contributed by atoms with Gasteiger partial charge < -0.3 is 4.74 Å². The van der Waals surface area contributed by atoms with Crippen molar-refractivity contribution in [3.63, 3.8) is 0 Å². The lowest BCUT2D eigenvalue weighted by molar-refractivity contribution is -0.142. The molecule has 1 aromatic carbocycles. The van der Waals surface area contributed by atoms with Crippen LogP contribution in [0.4, 0.5) is 0 Å². The van der Waals surface area contributed by atoms with Gasteiger partial charge in [-0.2, -0.15) is 0 Å². The fourth-order valence-electron chi connectivity index (χ4n) is 3.48. The van der Waals surface area contributed by atoms with Crippen LogP contribution in [0.15, 0.2) is 30.3 Å². The van der Waals surface area contributed by atoms with E-state index in [0.717, 1.165) is 31.4 Å². The molecule has 4 nitrogen and oxygen atoms in total. The van der Waals surface area contributed by atoms with Crippen molar-refractivity contribution in [3.05, 3.63) is 30.3 Å². The Labute approximate surface area is 125 Å². The Kier molecular flexibility index (Phi) is 3.95. The summed E-state index contributed by atoms with van der Waals surface area (Å²) in [5.41, 5.74) is -0.387. The van der Waals surface area contributed by atoms with Gasteiger partial charge in [0.05, 0.1) is 12.0 Å². The van der Waals surface area contributed by atoms with Gasteiger partial charge in [-0.05, 0) is 25.0 Å². The van der Waals surface area contributed by atoms with E-state index in [0.29, 0.717) is 19.6 Å². The summed E-state index contributed by atoms with van der Waals surface area (Å²) in [5, 5.41) is 0. The van der Waals surface area contributed by atoms with Crippen molar-refractivity contribution in [3.8, 4) is 5.75 Å². The first-order valence-electron chi connectivity index (χ1n) is 7.74. The number of para-hydroxylation sites is 1. The van der Waals surface area contributed by atoms with E-state index in [1.54, 1.807) is 0 Å². The number of likely N-dealkylation sites (tertiary alicyclic amines) is 1.